The van der Waals surface area contributed by atoms with Gasteiger partial charge in [-0.1, -0.05) is 24.5 Å². The standard InChI is InChI=1S/C21H26O5S.Na/c1-3-20-11-9-17-16-8-6-15(22)13-14(16)5-7-18(17)19(20)10-12-21(20,4-2)26-27(23,24)25;/h2,10,12-13,16-19H,3,5-9,11H2,1H3,(H,23,24,25);/q;+1/p-1/t16-,17-,18+,19+,20-,21?;/m0./s1. The first-order valence-corrected chi connectivity index (χ1v) is 11.2. The first-order chi connectivity index (χ1) is 12.8. The van der Waals surface area contributed by atoms with Crippen molar-refractivity contribution in [3.05, 3.63) is 23.8 Å². The van der Waals surface area contributed by atoms with Crippen molar-refractivity contribution in [1.29, 1.82) is 0 Å². The molecule has 0 saturated heterocycles. The summed E-state index contributed by atoms with van der Waals surface area (Å²) in [5, 5.41) is 0. The third-order valence-corrected chi connectivity index (χ3v) is 8.20. The quantitative estimate of drug-likeness (QED) is 0.217. The smallest absolute Gasteiger partial charge is 0.725 e. The van der Waals surface area contributed by atoms with E-state index >= 15 is 0 Å². The van der Waals surface area contributed by atoms with E-state index in [0.717, 1.165) is 32.1 Å². The maximum atomic E-state index is 11.8. The van der Waals surface area contributed by atoms with Gasteiger partial charge in [-0.25, -0.2) is 8.42 Å². The summed E-state index contributed by atoms with van der Waals surface area (Å²) in [4.78, 5) is 11.8. The van der Waals surface area contributed by atoms with E-state index in [1.165, 1.54) is 5.57 Å². The number of fused-ring (bicyclic) bond motifs is 5. The molecule has 0 heterocycles. The van der Waals surface area contributed by atoms with E-state index in [4.69, 9.17) is 10.6 Å². The van der Waals surface area contributed by atoms with Gasteiger partial charge in [-0.15, -0.1) is 6.42 Å². The molecule has 0 spiro atoms. The van der Waals surface area contributed by atoms with Gasteiger partial charge in [-0.2, -0.15) is 0 Å². The zero-order valence-corrected chi connectivity index (χ0v) is 19.3. The number of ketones is 1. The van der Waals surface area contributed by atoms with Crippen LogP contribution in [0.25, 0.3) is 0 Å². The predicted octanol–water partition coefficient (Wildman–Crippen LogP) is 0.147. The van der Waals surface area contributed by atoms with Gasteiger partial charge >= 0.3 is 29.6 Å². The van der Waals surface area contributed by atoms with Crippen LogP contribution in [0.5, 0.6) is 0 Å². The first kappa shape index (κ1) is 22.3. The molecule has 6 atom stereocenters. The molecular weight excluding hydrogens is 387 g/mol. The third kappa shape index (κ3) is 3.29. The average molecular weight is 412 g/mol. The van der Waals surface area contributed by atoms with Crippen molar-refractivity contribution in [2.24, 2.45) is 29.1 Å². The van der Waals surface area contributed by atoms with Gasteiger partial charge in [0.05, 0.1) is 0 Å². The molecule has 4 aliphatic carbocycles. The Hall–Kier alpha value is -0.420. The molecule has 1 unspecified atom stereocenters. The van der Waals surface area contributed by atoms with Crippen LogP contribution in [0, 0.1) is 41.4 Å². The fraction of sp³-hybridized carbons (Fsp3) is 0.667. The summed E-state index contributed by atoms with van der Waals surface area (Å²) in [6.07, 6.45) is 17.0. The van der Waals surface area contributed by atoms with Gasteiger partial charge < -0.3 is 4.55 Å². The Balaban J connectivity index is 0.00000225. The number of carbonyl (C=O) groups excluding carboxylic acids is 1. The van der Waals surface area contributed by atoms with Crippen LogP contribution in [0.3, 0.4) is 0 Å². The molecule has 4 aliphatic rings. The zero-order valence-electron chi connectivity index (χ0n) is 16.5. The van der Waals surface area contributed by atoms with Crippen LogP contribution in [0.2, 0.25) is 0 Å². The van der Waals surface area contributed by atoms with Gasteiger partial charge in [0.1, 0.15) is 0 Å². The first-order valence-electron chi connectivity index (χ1n) is 9.82. The molecule has 0 N–H and O–H groups in total. The van der Waals surface area contributed by atoms with E-state index in [2.05, 4.69) is 5.92 Å². The largest absolute Gasteiger partial charge is 1.00 e. The Kier molecular flexibility index (Phi) is 6.11. The van der Waals surface area contributed by atoms with E-state index < -0.39 is 21.4 Å². The van der Waals surface area contributed by atoms with Crippen LogP contribution in [-0.4, -0.2) is 24.4 Å². The molecule has 0 aliphatic heterocycles. The van der Waals surface area contributed by atoms with Gasteiger partial charge in [0.2, 0.25) is 10.4 Å². The van der Waals surface area contributed by atoms with E-state index in [0.29, 0.717) is 30.6 Å². The average Bonchev–Trinajstić information content (AvgIpc) is 2.94. The van der Waals surface area contributed by atoms with Crippen LogP contribution in [0.15, 0.2) is 23.8 Å². The number of hydrogen-bond donors (Lipinski definition) is 0. The Morgan fingerprint density at radius 3 is 2.68 bits per heavy atom. The minimum absolute atomic E-state index is 0. The molecule has 146 valence electrons. The Bertz CT molecular complexity index is 870. The summed E-state index contributed by atoms with van der Waals surface area (Å²) in [7, 11) is -4.92. The van der Waals surface area contributed by atoms with E-state index in [-0.39, 0.29) is 41.3 Å². The number of terminal acetylenes is 1. The second-order valence-corrected chi connectivity index (χ2v) is 9.49. The molecule has 7 heteroatoms. The van der Waals surface area contributed by atoms with E-state index in [1.54, 1.807) is 6.08 Å². The van der Waals surface area contributed by atoms with Gasteiger partial charge in [-0.3, -0.25) is 8.98 Å². The van der Waals surface area contributed by atoms with Gasteiger partial charge in [-0.05, 0) is 74.3 Å². The van der Waals surface area contributed by atoms with Crippen LogP contribution in [-0.2, 0) is 19.4 Å². The summed E-state index contributed by atoms with van der Waals surface area (Å²) in [5.41, 5.74) is -0.761. The number of hydrogen-bond acceptors (Lipinski definition) is 5. The molecule has 0 radical (unpaired) electrons. The molecule has 0 bridgehead atoms. The third-order valence-electron chi connectivity index (χ3n) is 7.74. The van der Waals surface area contributed by atoms with Crippen LogP contribution >= 0.6 is 0 Å². The van der Waals surface area contributed by atoms with Crippen molar-refractivity contribution in [2.45, 2.75) is 57.5 Å². The summed E-state index contributed by atoms with van der Waals surface area (Å²) < 4.78 is 39.4. The molecule has 2 fully saturated rings. The molecule has 0 aromatic carbocycles. The van der Waals surface area contributed by atoms with Crippen molar-refractivity contribution < 1.29 is 51.5 Å². The fourth-order valence-corrected chi connectivity index (χ4v) is 7.24. The molecule has 0 amide bonds. The normalized spacial score (nSPS) is 41.8. The van der Waals surface area contributed by atoms with Crippen LogP contribution in [0.4, 0.5) is 0 Å². The van der Waals surface area contributed by atoms with Crippen molar-refractivity contribution >= 4 is 16.2 Å². The monoisotopic (exact) mass is 412 g/mol. The Morgan fingerprint density at radius 2 is 2.04 bits per heavy atom. The zero-order chi connectivity index (χ0) is 19.4. The summed E-state index contributed by atoms with van der Waals surface area (Å²) in [5.74, 6) is 4.16. The summed E-state index contributed by atoms with van der Waals surface area (Å²) in [6.45, 7) is 2.00. The summed E-state index contributed by atoms with van der Waals surface area (Å²) >= 11 is 0. The summed E-state index contributed by atoms with van der Waals surface area (Å²) in [6, 6.07) is 0. The van der Waals surface area contributed by atoms with Crippen molar-refractivity contribution in [2.75, 3.05) is 0 Å². The van der Waals surface area contributed by atoms with Gasteiger partial charge in [0.25, 0.3) is 0 Å². The van der Waals surface area contributed by atoms with Crippen molar-refractivity contribution in [1.82, 2.24) is 0 Å². The maximum Gasteiger partial charge on any atom is 1.00 e. The second kappa shape index (κ2) is 7.68. The van der Waals surface area contributed by atoms with Gasteiger partial charge in [0.15, 0.2) is 11.4 Å². The molecule has 5 nitrogen and oxygen atoms in total. The fourth-order valence-electron chi connectivity index (χ4n) is 6.65. The van der Waals surface area contributed by atoms with Crippen LogP contribution in [0.1, 0.15) is 51.9 Å². The molecular formula is C21H25NaO5S. The predicted molar refractivity (Wildman–Crippen MR) is 99.0 cm³/mol. The number of rotatable bonds is 3. The topological polar surface area (TPSA) is 83.5 Å². The van der Waals surface area contributed by atoms with Crippen molar-refractivity contribution in [3.63, 3.8) is 0 Å². The second-order valence-electron chi connectivity index (χ2n) is 8.50. The number of carbonyl (C=O) groups is 1. The Morgan fingerprint density at radius 1 is 1.29 bits per heavy atom. The number of allylic oxidation sites excluding steroid dienone is 3. The minimum atomic E-state index is -4.92. The maximum absolute atomic E-state index is 11.8. The molecule has 2 saturated carbocycles. The molecule has 28 heavy (non-hydrogen) atoms. The van der Waals surface area contributed by atoms with Crippen LogP contribution < -0.4 is 29.6 Å². The Labute approximate surface area is 189 Å². The van der Waals surface area contributed by atoms with E-state index in [9.17, 15) is 17.8 Å². The SMILES string of the molecule is C#CC1(OS(=O)(=O)[O-])C=C[C@@H]2[C@@H]3CCC4=CC(=O)CC[C@@H]4[C@@H]3CC[C@@]21CC.[Na+]. The van der Waals surface area contributed by atoms with E-state index in [1.807, 2.05) is 19.1 Å². The molecule has 0 aromatic rings. The molecule has 4 rings (SSSR count). The molecule has 0 aromatic heterocycles. The minimum Gasteiger partial charge on any atom is -0.725 e. The van der Waals surface area contributed by atoms with Crippen molar-refractivity contribution in [3.8, 4) is 12.3 Å². The van der Waals surface area contributed by atoms with Gasteiger partial charge in [0, 0.05) is 11.8 Å².